The number of carbonyl (C=O) groups excluding carboxylic acids is 1. The van der Waals surface area contributed by atoms with Crippen LogP contribution in [0.1, 0.15) is 25.8 Å². The van der Waals surface area contributed by atoms with Crippen LogP contribution in [0.3, 0.4) is 0 Å². The number of carbonyl (C=O) groups is 1. The number of anilines is 1. The SMILES string of the molecule is CCCNc1ccc(CN(CC)CC(N)=O)cn1. The first-order valence-electron chi connectivity index (χ1n) is 6.35. The number of amides is 1. The molecule has 0 saturated carbocycles. The minimum absolute atomic E-state index is 0.284. The molecular weight excluding hydrogens is 228 g/mol. The van der Waals surface area contributed by atoms with Crippen molar-refractivity contribution in [1.29, 1.82) is 0 Å². The number of nitrogens with two attached hydrogens (primary N) is 1. The maximum absolute atomic E-state index is 10.9. The van der Waals surface area contributed by atoms with E-state index in [1.54, 1.807) is 0 Å². The summed E-state index contributed by atoms with van der Waals surface area (Å²) in [6, 6.07) is 3.98. The van der Waals surface area contributed by atoms with Gasteiger partial charge in [0, 0.05) is 19.3 Å². The topological polar surface area (TPSA) is 71.2 Å². The Kier molecular flexibility index (Phi) is 6.14. The molecule has 3 N–H and O–H groups in total. The third-order valence-corrected chi connectivity index (χ3v) is 2.61. The van der Waals surface area contributed by atoms with Gasteiger partial charge in [-0.25, -0.2) is 4.98 Å². The first-order chi connectivity index (χ1) is 8.65. The highest BCUT2D eigenvalue weighted by Crippen LogP contribution is 2.07. The first kappa shape index (κ1) is 14.4. The van der Waals surface area contributed by atoms with Crippen molar-refractivity contribution in [2.75, 3.05) is 25.0 Å². The lowest BCUT2D eigenvalue weighted by molar-refractivity contribution is -0.119. The average Bonchev–Trinajstić information content (AvgIpc) is 2.36. The largest absolute Gasteiger partial charge is 0.370 e. The van der Waals surface area contributed by atoms with Crippen LogP contribution in [0.4, 0.5) is 5.82 Å². The second-order valence-electron chi connectivity index (χ2n) is 4.25. The lowest BCUT2D eigenvalue weighted by atomic mass is 10.2. The molecular formula is C13H22N4O. The van der Waals surface area contributed by atoms with E-state index in [1.165, 1.54) is 0 Å². The van der Waals surface area contributed by atoms with Crippen molar-refractivity contribution in [3.8, 4) is 0 Å². The fourth-order valence-electron chi connectivity index (χ4n) is 1.63. The van der Waals surface area contributed by atoms with Gasteiger partial charge >= 0.3 is 0 Å². The van der Waals surface area contributed by atoms with Crippen LogP contribution >= 0.6 is 0 Å². The third-order valence-electron chi connectivity index (χ3n) is 2.61. The van der Waals surface area contributed by atoms with E-state index in [0.29, 0.717) is 6.54 Å². The molecule has 1 aromatic rings. The molecule has 0 aliphatic carbocycles. The van der Waals surface area contributed by atoms with Crippen LogP contribution in [0.15, 0.2) is 18.3 Å². The number of pyridine rings is 1. The van der Waals surface area contributed by atoms with Gasteiger partial charge in [0.2, 0.25) is 5.91 Å². The second kappa shape index (κ2) is 7.66. The van der Waals surface area contributed by atoms with Crippen molar-refractivity contribution >= 4 is 11.7 Å². The predicted molar refractivity (Wildman–Crippen MR) is 73.2 cm³/mol. The zero-order chi connectivity index (χ0) is 13.4. The van der Waals surface area contributed by atoms with Crippen molar-refractivity contribution < 1.29 is 4.79 Å². The Bertz CT molecular complexity index is 364. The summed E-state index contributed by atoms with van der Waals surface area (Å²) >= 11 is 0. The van der Waals surface area contributed by atoms with E-state index in [9.17, 15) is 4.79 Å². The Morgan fingerprint density at radius 3 is 2.72 bits per heavy atom. The highest BCUT2D eigenvalue weighted by molar-refractivity contribution is 5.75. The minimum atomic E-state index is -0.300. The van der Waals surface area contributed by atoms with Gasteiger partial charge in [-0.15, -0.1) is 0 Å². The van der Waals surface area contributed by atoms with Gasteiger partial charge in [-0.05, 0) is 24.6 Å². The number of aromatic nitrogens is 1. The normalized spacial score (nSPS) is 10.6. The van der Waals surface area contributed by atoms with E-state index in [4.69, 9.17) is 5.73 Å². The summed E-state index contributed by atoms with van der Waals surface area (Å²) in [7, 11) is 0. The Morgan fingerprint density at radius 2 is 2.22 bits per heavy atom. The van der Waals surface area contributed by atoms with Crippen LogP contribution in [0.2, 0.25) is 0 Å². The summed E-state index contributed by atoms with van der Waals surface area (Å²) in [6.45, 7) is 6.82. The molecule has 0 atom stereocenters. The van der Waals surface area contributed by atoms with Gasteiger partial charge in [0.15, 0.2) is 0 Å². The van der Waals surface area contributed by atoms with Gasteiger partial charge in [0.25, 0.3) is 0 Å². The third kappa shape index (κ3) is 5.14. The molecule has 0 fully saturated rings. The Hall–Kier alpha value is -1.62. The van der Waals surface area contributed by atoms with Gasteiger partial charge in [-0.3, -0.25) is 9.69 Å². The van der Waals surface area contributed by atoms with Crippen LogP contribution in [-0.4, -0.2) is 35.4 Å². The molecule has 0 saturated heterocycles. The lowest BCUT2D eigenvalue weighted by Gasteiger charge is -2.18. The summed E-state index contributed by atoms with van der Waals surface area (Å²) in [4.78, 5) is 17.2. The molecule has 1 aromatic heterocycles. The quantitative estimate of drug-likeness (QED) is 0.727. The minimum Gasteiger partial charge on any atom is -0.370 e. The standard InChI is InChI=1S/C13H22N4O/c1-3-7-15-13-6-5-11(8-16-13)9-17(4-2)10-12(14)18/h5-6,8H,3-4,7,9-10H2,1-2H3,(H2,14,18)(H,15,16). The molecule has 1 amide bonds. The molecule has 0 bridgehead atoms. The lowest BCUT2D eigenvalue weighted by Crippen LogP contribution is -2.33. The van der Waals surface area contributed by atoms with E-state index in [-0.39, 0.29) is 12.5 Å². The fourth-order valence-corrected chi connectivity index (χ4v) is 1.63. The maximum Gasteiger partial charge on any atom is 0.231 e. The second-order valence-corrected chi connectivity index (χ2v) is 4.25. The number of hydrogen-bond donors (Lipinski definition) is 2. The average molecular weight is 250 g/mol. The van der Waals surface area contributed by atoms with Crippen molar-refractivity contribution in [2.45, 2.75) is 26.8 Å². The molecule has 0 aliphatic rings. The first-order valence-corrected chi connectivity index (χ1v) is 6.35. The molecule has 5 heteroatoms. The number of likely N-dealkylation sites (N-methyl/N-ethyl adjacent to an activating group) is 1. The molecule has 0 unspecified atom stereocenters. The van der Waals surface area contributed by atoms with E-state index in [2.05, 4.69) is 17.2 Å². The maximum atomic E-state index is 10.9. The van der Waals surface area contributed by atoms with E-state index >= 15 is 0 Å². The zero-order valence-electron chi connectivity index (χ0n) is 11.1. The summed E-state index contributed by atoms with van der Waals surface area (Å²) < 4.78 is 0. The summed E-state index contributed by atoms with van der Waals surface area (Å²) in [5.41, 5.74) is 6.28. The van der Waals surface area contributed by atoms with E-state index in [1.807, 2.05) is 30.2 Å². The smallest absolute Gasteiger partial charge is 0.231 e. The van der Waals surface area contributed by atoms with Crippen LogP contribution < -0.4 is 11.1 Å². The monoisotopic (exact) mass is 250 g/mol. The molecule has 5 nitrogen and oxygen atoms in total. The van der Waals surface area contributed by atoms with E-state index in [0.717, 1.165) is 30.9 Å². The van der Waals surface area contributed by atoms with Gasteiger partial charge in [0.05, 0.1) is 6.54 Å². The van der Waals surface area contributed by atoms with Gasteiger partial charge in [0.1, 0.15) is 5.82 Å². The molecule has 100 valence electrons. The summed E-state index contributed by atoms with van der Waals surface area (Å²) in [5, 5.41) is 3.22. The van der Waals surface area contributed by atoms with Crippen LogP contribution in [0.25, 0.3) is 0 Å². The van der Waals surface area contributed by atoms with Gasteiger partial charge < -0.3 is 11.1 Å². The number of nitrogens with one attached hydrogen (secondary N) is 1. The molecule has 1 rings (SSSR count). The summed E-state index contributed by atoms with van der Waals surface area (Å²) in [5.74, 6) is 0.588. The van der Waals surface area contributed by atoms with Crippen LogP contribution in [0.5, 0.6) is 0 Å². The summed E-state index contributed by atoms with van der Waals surface area (Å²) in [6.07, 6.45) is 2.91. The highest BCUT2D eigenvalue weighted by atomic mass is 16.1. The van der Waals surface area contributed by atoms with E-state index < -0.39 is 0 Å². The number of rotatable bonds is 8. The molecule has 0 radical (unpaired) electrons. The molecule has 18 heavy (non-hydrogen) atoms. The molecule has 0 spiro atoms. The Balaban J connectivity index is 2.53. The van der Waals surface area contributed by atoms with Gasteiger partial charge in [-0.2, -0.15) is 0 Å². The van der Waals surface area contributed by atoms with Crippen molar-refractivity contribution in [3.05, 3.63) is 23.9 Å². The zero-order valence-corrected chi connectivity index (χ0v) is 11.1. The van der Waals surface area contributed by atoms with Crippen molar-refractivity contribution in [2.24, 2.45) is 5.73 Å². The highest BCUT2D eigenvalue weighted by Gasteiger charge is 2.07. The van der Waals surface area contributed by atoms with Crippen LogP contribution in [-0.2, 0) is 11.3 Å². The molecule has 0 aromatic carbocycles. The Labute approximate surface area is 108 Å². The fraction of sp³-hybridized carbons (Fsp3) is 0.538. The van der Waals surface area contributed by atoms with Crippen molar-refractivity contribution in [1.82, 2.24) is 9.88 Å². The number of primary amides is 1. The van der Waals surface area contributed by atoms with Gasteiger partial charge in [-0.1, -0.05) is 19.9 Å². The number of nitrogens with zero attached hydrogens (tertiary/aromatic N) is 2. The van der Waals surface area contributed by atoms with Crippen molar-refractivity contribution in [3.63, 3.8) is 0 Å². The predicted octanol–water partition coefficient (Wildman–Crippen LogP) is 1.21. The number of hydrogen-bond acceptors (Lipinski definition) is 4. The molecule has 1 heterocycles. The molecule has 0 aliphatic heterocycles. The van der Waals surface area contributed by atoms with Crippen LogP contribution in [0, 0.1) is 0 Å². The Morgan fingerprint density at radius 1 is 1.44 bits per heavy atom.